The van der Waals surface area contributed by atoms with Gasteiger partial charge in [0.15, 0.2) is 0 Å². The van der Waals surface area contributed by atoms with Crippen LogP contribution in [0.25, 0.3) is 0 Å². The van der Waals surface area contributed by atoms with Gasteiger partial charge in [-0.25, -0.2) is 4.39 Å². The molecule has 0 bridgehead atoms. The van der Waals surface area contributed by atoms with E-state index in [0.717, 1.165) is 0 Å². The minimum Gasteiger partial charge on any atom is -0.492 e. The van der Waals surface area contributed by atoms with Crippen molar-refractivity contribution in [3.8, 4) is 5.75 Å². The molecule has 0 aliphatic heterocycles. The van der Waals surface area contributed by atoms with Crippen molar-refractivity contribution in [2.75, 3.05) is 6.61 Å². The Morgan fingerprint density at radius 2 is 2.38 bits per heavy atom. The second-order valence-corrected chi connectivity index (χ2v) is 4.17. The summed E-state index contributed by atoms with van der Waals surface area (Å²) in [7, 11) is 0. The highest BCUT2D eigenvalue weighted by molar-refractivity contribution is 9.10. The third-order valence-corrected chi connectivity index (χ3v) is 2.62. The van der Waals surface area contributed by atoms with Crippen LogP contribution in [0.3, 0.4) is 0 Å². The van der Waals surface area contributed by atoms with Crippen LogP contribution in [0.1, 0.15) is 6.92 Å². The molecule has 0 amide bonds. The van der Waals surface area contributed by atoms with Gasteiger partial charge in [-0.2, -0.15) is 0 Å². The quantitative estimate of drug-likeness (QED) is 0.387. The molecule has 16 heavy (non-hydrogen) atoms. The molecule has 3 N–H and O–H groups in total. The van der Waals surface area contributed by atoms with Gasteiger partial charge in [0.1, 0.15) is 17.4 Å². The molecule has 0 saturated heterocycles. The summed E-state index contributed by atoms with van der Waals surface area (Å²) in [5.74, 6) is 0.0443. The van der Waals surface area contributed by atoms with E-state index in [1.807, 2.05) is 0 Å². The summed E-state index contributed by atoms with van der Waals surface area (Å²) >= 11 is 3.18. The van der Waals surface area contributed by atoms with E-state index in [2.05, 4.69) is 21.1 Å². The zero-order valence-electron chi connectivity index (χ0n) is 8.65. The lowest BCUT2D eigenvalue weighted by molar-refractivity contribution is 0.277. The number of amidine groups is 1. The Morgan fingerprint density at radius 3 is 2.94 bits per heavy atom. The first-order valence-electron chi connectivity index (χ1n) is 4.60. The highest BCUT2D eigenvalue weighted by Gasteiger charge is 2.10. The summed E-state index contributed by atoms with van der Waals surface area (Å²) in [6.07, 6.45) is 0. The van der Waals surface area contributed by atoms with Gasteiger partial charge in [0.25, 0.3) is 0 Å². The van der Waals surface area contributed by atoms with Crippen LogP contribution in [-0.4, -0.2) is 17.6 Å². The Balaban J connectivity index is 2.61. The molecule has 1 unspecified atom stereocenters. The maximum absolute atomic E-state index is 12.8. The van der Waals surface area contributed by atoms with E-state index in [0.29, 0.717) is 10.2 Å². The van der Waals surface area contributed by atoms with Gasteiger partial charge in [-0.15, -0.1) is 0 Å². The van der Waals surface area contributed by atoms with Gasteiger partial charge < -0.3 is 15.7 Å². The monoisotopic (exact) mass is 290 g/mol. The maximum Gasteiger partial charge on any atom is 0.145 e. The van der Waals surface area contributed by atoms with Crippen molar-refractivity contribution in [2.24, 2.45) is 16.8 Å². The van der Waals surface area contributed by atoms with E-state index in [-0.39, 0.29) is 24.2 Å². The summed E-state index contributed by atoms with van der Waals surface area (Å²) in [5.41, 5.74) is 5.39. The molecule has 1 aromatic carbocycles. The lowest BCUT2D eigenvalue weighted by Gasteiger charge is -2.12. The molecule has 0 spiro atoms. The number of nitrogens with two attached hydrogens (primary N) is 1. The Kier molecular flexibility index (Phi) is 4.54. The van der Waals surface area contributed by atoms with Crippen molar-refractivity contribution in [3.05, 3.63) is 28.5 Å². The highest BCUT2D eigenvalue weighted by Crippen LogP contribution is 2.25. The first-order valence-corrected chi connectivity index (χ1v) is 5.39. The molecule has 1 aromatic rings. The van der Waals surface area contributed by atoms with Gasteiger partial charge in [0.2, 0.25) is 0 Å². The molecule has 88 valence electrons. The summed E-state index contributed by atoms with van der Waals surface area (Å²) < 4.78 is 18.7. The Hall–Kier alpha value is -1.30. The van der Waals surface area contributed by atoms with E-state index in [4.69, 9.17) is 15.7 Å². The van der Waals surface area contributed by atoms with E-state index >= 15 is 0 Å². The molecule has 0 aliphatic rings. The molecule has 0 saturated carbocycles. The predicted octanol–water partition coefficient (Wildman–Crippen LogP) is 2.35. The molecule has 6 heteroatoms. The number of hydrogen-bond donors (Lipinski definition) is 2. The van der Waals surface area contributed by atoms with Crippen LogP contribution >= 0.6 is 15.9 Å². The number of hydrogen-bond acceptors (Lipinski definition) is 3. The topological polar surface area (TPSA) is 67.8 Å². The van der Waals surface area contributed by atoms with E-state index in [1.165, 1.54) is 18.2 Å². The SMILES string of the molecule is CC(COc1ccc(F)cc1Br)/C(N)=N/O. The van der Waals surface area contributed by atoms with Crippen LogP contribution in [-0.2, 0) is 0 Å². The third kappa shape index (κ3) is 3.37. The largest absolute Gasteiger partial charge is 0.492 e. The van der Waals surface area contributed by atoms with Crippen LogP contribution in [0, 0.1) is 11.7 Å². The molecule has 0 fully saturated rings. The van der Waals surface area contributed by atoms with Crippen LogP contribution < -0.4 is 10.5 Å². The molecule has 0 radical (unpaired) electrons. The van der Waals surface area contributed by atoms with Crippen LogP contribution in [0.5, 0.6) is 5.75 Å². The summed E-state index contributed by atoms with van der Waals surface area (Å²) in [5, 5.41) is 11.3. The van der Waals surface area contributed by atoms with Crippen LogP contribution in [0.4, 0.5) is 4.39 Å². The molecule has 1 rings (SSSR count). The van der Waals surface area contributed by atoms with Crippen molar-refractivity contribution < 1.29 is 14.3 Å². The fourth-order valence-electron chi connectivity index (χ4n) is 0.991. The fourth-order valence-corrected chi connectivity index (χ4v) is 1.46. The zero-order valence-corrected chi connectivity index (χ0v) is 10.2. The number of oxime groups is 1. The normalized spacial score (nSPS) is 13.6. The maximum atomic E-state index is 12.8. The smallest absolute Gasteiger partial charge is 0.145 e. The molecule has 0 heterocycles. The van der Waals surface area contributed by atoms with Gasteiger partial charge in [-0.3, -0.25) is 0 Å². The van der Waals surface area contributed by atoms with E-state index in [1.54, 1.807) is 6.92 Å². The lowest BCUT2D eigenvalue weighted by Crippen LogP contribution is -2.26. The van der Waals surface area contributed by atoms with Crippen LogP contribution in [0.15, 0.2) is 27.8 Å². The van der Waals surface area contributed by atoms with Gasteiger partial charge in [0, 0.05) is 0 Å². The summed E-state index contributed by atoms with van der Waals surface area (Å²) in [6, 6.07) is 4.12. The van der Waals surface area contributed by atoms with Gasteiger partial charge in [0.05, 0.1) is 17.0 Å². The summed E-state index contributed by atoms with van der Waals surface area (Å²) in [4.78, 5) is 0. The Morgan fingerprint density at radius 1 is 1.69 bits per heavy atom. The third-order valence-electron chi connectivity index (χ3n) is 2.00. The van der Waals surface area contributed by atoms with Gasteiger partial charge in [-0.05, 0) is 34.1 Å². The van der Waals surface area contributed by atoms with Gasteiger partial charge in [-0.1, -0.05) is 12.1 Å². The van der Waals surface area contributed by atoms with Crippen molar-refractivity contribution >= 4 is 21.8 Å². The molecule has 1 atom stereocenters. The van der Waals surface area contributed by atoms with Crippen LogP contribution in [0.2, 0.25) is 0 Å². The van der Waals surface area contributed by atoms with Crippen molar-refractivity contribution in [2.45, 2.75) is 6.92 Å². The van der Waals surface area contributed by atoms with Gasteiger partial charge >= 0.3 is 0 Å². The highest BCUT2D eigenvalue weighted by atomic mass is 79.9. The number of ether oxygens (including phenoxy) is 1. The first kappa shape index (κ1) is 12.8. The number of halogens is 2. The van der Waals surface area contributed by atoms with E-state index in [9.17, 15) is 4.39 Å². The predicted molar refractivity (Wildman–Crippen MR) is 62.2 cm³/mol. The minimum absolute atomic E-state index is 0.0956. The second kappa shape index (κ2) is 5.69. The number of benzene rings is 1. The average molecular weight is 291 g/mol. The minimum atomic E-state index is -0.344. The Labute approximate surface area is 101 Å². The molecular weight excluding hydrogens is 279 g/mol. The summed E-state index contributed by atoms with van der Waals surface area (Å²) in [6.45, 7) is 2.01. The van der Waals surface area contributed by atoms with Crippen molar-refractivity contribution in [3.63, 3.8) is 0 Å². The molecule has 0 aromatic heterocycles. The lowest BCUT2D eigenvalue weighted by atomic mass is 10.2. The first-order chi connectivity index (χ1) is 7.54. The Bertz CT molecular complexity index is 398. The molecule has 0 aliphatic carbocycles. The molecule has 4 nitrogen and oxygen atoms in total. The fraction of sp³-hybridized carbons (Fsp3) is 0.300. The van der Waals surface area contributed by atoms with Crippen molar-refractivity contribution in [1.29, 1.82) is 0 Å². The number of nitrogens with zero attached hydrogens (tertiary/aromatic N) is 1. The zero-order chi connectivity index (χ0) is 12.1. The second-order valence-electron chi connectivity index (χ2n) is 3.31. The standard InChI is InChI=1S/C10H12BrFN2O2/c1-6(10(13)14-15)5-16-9-3-2-7(12)4-8(9)11/h2-4,6,15H,5H2,1H3,(H2,13,14). The number of rotatable bonds is 4. The van der Waals surface area contributed by atoms with Crippen molar-refractivity contribution in [1.82, 2.24) is 0 Å². The average Bonchev–Trinajstić information content (AvgIpc) is 2.26. The van der Waals surface area contributed by atoms with E-state index < -0.39 is 0 Å². The molecular formula is C10H12BrFN2O2.